The molecule has 144 valence electrons. The second-order valence-electron chi connectivity index (χ2n) is 6.50. The molecule has 0 heterocycles. The third kappa shape index (κ3) is 6.98. The summed E-state index contributed by atoms with van der Waals surface area (Å²) in [5.41, 5.74) is 2.83. The van der Waals surface area contributed by atoms with Crippen LogP contribution in [0, 0.1) is 5.92 Å². The van der Waals surface area contributed by atoms with E-state index < -0.39 is 0 Å². The Morgan fingerprint density at radius 2 is 1.81 bits per heavy atom. The summed E-state index contributed by atoms with van der Waals surface area (Å²) in [6.07, 6.45) is 0. The van der Waals surface area contributed by atoms with E-state index in [1.165, 1.54) is 18.9 Å². The fraction of sp³-hybridized carbons (Fsp3) is 0.333. The minimum absolute atomic E-state index is 0.0648. The molecule has 6 heteroatoms. The molecular formula is C21H26N2O3S. The second kappa shape index (κ2) is 10.6. The largest absolute Gasteiger partial charge is 0.468 e. The summed E-state index contributed by atoms with van der Waals surface area (Å²) in [6, 6.07) is 17.3. The van der Waals surface area contributed by atoms with Gasteiger partial charge in [-0.2, -0.15) is 0 Å². The van der Waals surface area contributed by atoms with E-state index in [4.69, 9.17) is 0 Å². The number of ether oxygens (including phenoxy) is 1. The molecule has 0 radical (unpaired) electrons. The van der Waals surface area contributed by atoms with Crippen LogP contribution in [0.5, 0.6) is 0 Å². The summed E-state index contributed by atoms with van der Waals surface area (Å²) in [5.74, 6) is 1.00. The molecule has 0 saturated carbocycles. The Labute approximate surface area is 164 Å². The number of carbonyl (C=O) groups excluding carboxylic acids is 2. The zero-order valence-corrected chi connectivity index (χ0v) is 16.7. The fourth-order valence-corrected chi connectivity index (χ4v) is 3.46. The molecule has 2 aromatic carbocycles. The van der Waals surface area contributed by atoms with E-state index in [-0.39, 0.29) is 24.0 Å². The van der Waals surface area contributed by atoms with Crippen LogP contribution in [0.4, 0.5) is 10.5 Å². The highest BCUT2D eigenvalue weighted by Gasteiger charge is 2.18. The molecular weight excluding hydrogens is 360 g/mol. The summed E-state index contributed by atoms with van der Waals surface area (Å²) < 4.78 is 4.63. The van der Waals surface area contributed by atoms with Gasteiger partial charge in [-0.3, -0.25) is 4.79 Å². The van der Waals surface area contributed by atoms with Crippen molar-refractivity contribution in [1.29, 1.82) is 0 Å². The van der Waals surface area contributed by atoms with Crippen molar-refractivity contribution in [3.63, 3.8) is 0 Å². The molecule has 5 nitrogen and oxygen atoms in total. The first kappa shape index (κ1) is 20.8. The maximum Gasteiger partial charge on any atom is 0.319 e. The van der Waals surface area contributed by atoms with Crippen molar-refractivity contribution in [2.75, 3.05) is 18.2 Å². The quantitative estimate of drug-likeness (QED) is 0.650. The lowest BCUT2D eigenvalue weighted by molar-refractivity contribution is -0.137. The van der Waals surface area contributed by atoms with Crippen molar-refractivity contribution < 1.29 is 14.3 Å². The molecule has 1 atom stereocenters. The summed E-state index contributed by atoms with van der Waals surface area (Å²) in [4.78, 5) is 23.6. The molecule has 0 fully saturated rings. The number of esters is 1. The Morgan fingerprint density at radius 3 is 2.48 bits per heavy atom. The van der Waals surface area contributed by atoms with Crippen LogP contribution < -0.4 is 10.6 Å². The number of hydrogen-bond acceptors (Lipinski definition) is 4. The van der Waals surface area contributed by atoms with E-state index in [2.05, 4.69) is 29.2 Å². The highest BCUT2D eigenvalue weighted by atomic mass is 32.2. The topological polar surface area (TPSA) is 67.4 Å². The van der Waals surface area contributed by atoms with Crippen molar-refractivity contribution in [1.82, 2.24) is 5.32 Å². The van der Waals surface area contributed by atoms with Gasteiger partial charge in [0, 0.05) is 11.4 Å². The average molecular weight is 387 g/mol. The number of hydrogen-bond donors (Lipinski definition) is 2. The molecule has 0 aromatic heterocycles. The van der Waals surface area contributed by atoms with Gasteiger partial charge in [-0.25, -0.2) is 4.79 Å². The van der Waals surface area contributed by atoms with E-state index in [1.807, 2.05) is 54.6 Å². The molecule has 2 rings (SSSR count). The second-order valence-corrected chi connectivity index (χ2v) is 7.49. The van der Waals surface area contributed by atoms with Crippen LogP contribution in [0.25, 0.3) is 0 Å². The molecule has 0 aliphatic rings. The number of rotatable bonds is 8. The van der Waals surface area contributed by atoms with Crippen molar-refractivity contribution in [3.8, 4) is 0 Å². The molecule has 0 spiro atoms. The lowest BCUT2D eigenvalue weighted by Crippen LogP contribution is -2.35. The van der Waals surface area contributed by atoms with Crippen molar-refractivity contribution in [2.24, 2.45) is 5.92 Å². The number of benzene rings is 2. The highest BCUT2D eigenvalue weighted by molar-refractivity contribution is 7.99. The van der Waals surface area contributed by atoms with Gasteiger partial charge in [-0.05, 0) is 29.2 Å². The number of methoxy groups -OCH3 is 1. The zero-order chi connectivity index (χ0) is 19.6. The standard InChI is InChI=1S/C21H26N2O3S/c1-15(2)20(17-9-5-4-6-10-17)23-21(25)22-18-11-7-8-16(12-18)13-27-14-19(24)26-3/h4-12,15,20H,13-14H2,1-3H3,(H2,22,23,25). The first-order valence-corrected chi connectivity index (χ1v) is 10.0. The molecule has 0 saturated heterocycles. The first-order valence-electron chi connectivity index (χ1n) is 8.85. The number of nitrogens with one attached hydrogen (secondary N) is 2. The van der Waals surface area contributed by atoms with Gasteiger partial charge in [0.15, 0.2) is 0 Å². The Balaban J connectivity index is 1.94. The number of carbonyl (C=O) groups is 2. The molecule has 2 N–H and O–H groups in total. The summed E-state index contributed by atoms with van der Waals surface area (Å²) in [7, 11) is 1.38. The van der Waals surface area contributed by atoms with Gasteiger partial charge in [0.05, 0.1) is 18.9 Å². The first-order chi connectivity index (χ1) is 13.0. The Kier molecular flexibility index (Phi) is 8.20. The van der Waals surface area contributed by atoms with Gasteiger partial charge >= 0.3 is 12.0 Å². The number of anilines is 1. The van der Waals surface area contributed by atoms with E-state index in [9.17, 15) is 9.59 Å². The maximum atomic E-state index is 12.5. The predicted octanol–water partition coefficient (Wildman–Crippen LogP) is 4.61. The van der Waals surface area contributed by atoms with Crippen LogP contribution in [-0.4, -0.2) is 24.9 Å². The average Bonchev–Trinajstić information content (AvgIpc) is 2.66. The van der Waals surface area contributed by atoms with Crippen LogP contribution in [0.3, 0.4) is 0 Å². The van der Waals surface area contributed by atoms with Gasteiger partial charge in [0.2, 0.25) is 0 Å². The Bertz CT molecular complexity index is 750. The van der Waals surface area contributed by atoms with Crippen molar-refractivity contribution >= 4 is 29.4 Å². The smallest absolute Gasteiger partial charge is 0.319 e. The van der Waals surface area contributed by atoms with Crippen LogP contribution >= 0.6 is 11.8 Å². The highest BCUT2D eigenvalue weighted by Crippen LogP contribution is 2.22. The molecule has 27 heavy (non-hydrogen) atoms. The third-order valence-corrected chi connectivity index (χ3v) is 4.99. The van der Waals surface area contributed by atoms with Gasteiger partial charge < -0.3 is 15.4 Å². The number of amides is 2. The third-order valence-electron chi connectivity index (χ3n) is 4.01. The van der Waals surface area contributed by atoms with E-state index in [0.29, 0.717) is 11.5 Å². The van der Waals surface area contributed by atoms with Crippen molar-refractivity contribution in [2.45, 2.75) is 25.6 Å². The van der Waals surface area contributed by atoms with Crippen LogP contribution in [-0.2, 0) is 15.3 Å². The molecule has 0 aliphatic carbocycles. The summed E-state index contributed by atoms with van der Waals surface area (Å²) >= 11 is 1.48. The van der Waals surface area contributed by atoms with E-state index in [0.717, 1.165) is 16.8 Å². The van der Waals surface area contributed by atoms with Crippen LogP contribution in [0.15, 0.2) is 54.6 Å². The molecule has 0 aliphatic heterocycles. The van der Waals surface area contributed by atoms with Crippen LogP contribution in [0.1, 0.15) is 31.0 Å². The molecule has 0 bridgehead atoms. The fourth-order valence-electron chi connectivity index (χ4n) is 2.65. The van der Waals surface area contributed by atoms with Gasteiger partial charge in [0.25, 0.3) is 0 Å². The Morgan fingerprint density at radius 1 is 1.07 bits per heavy atom. The van der Waals surface area contributed by atoms with Gasteiger partial charge in [-0.15, -0.1) is 11.8 Å². The molecule has 2 amide bonds. The van der Waals surface area contributed by atoms with Gasteiger partial charge in [-0.1, -0.05) is 56.3 Å². The van der Waals surface area contributed by atoms with Crippen molar-refractivity contribution in [3.05, 3.63) is 65.7 Å². The van der Waals surface area contributed by atoms with E-state index in [1.54, 1.807) is 0 Å². The minimum Gasteiger partial charge on any atom is -0.468 e. The molecule has 1 unspecified atom stereocenters. The maximum absolute atomic E-state index is 12.5. The number of thioether (sulfide) groups is 1. The normalized spacial score (nSPS) is 11.7. The lowest BCUT2D eigenvalue weighted by Gasteiger charge is -2.23. The number of urea groups is 1. The summed E-state index contributed by atoms with van der Waals surface area (Å²) in [5, 5.41) is 5.95. The van der Waals surface area contributed by atoms with Gasteiger partial charge in [0.1, 0.15) is 0 Å². The predicted molar refractivity (Wildman–Crippen MR) is 111 cm³/mol. The lowest BCUT2D eigenvalue weighted by atomic mass is 9.96. The van der Waals surface area contributed by atoms with E-state index >= 15 is 0 Å². The monoisotopic (exact) mass is 386 g/mol. The zero-order valence-electron chi connectivity index (χ0n) is 15.9. The summed E-state index contributed by atoms with van der Waals surface area (Å²) in [6.45, 7) is 4.16. The minimum atomic E-state index is -0.241. The Hall–Kier alpha value is -2.47. The SMILES string of the molecule is COC(=O)CSCc1cccc(NC(=O)NC(c2ccccc2)C(C)C)c1. The molecule has 2 aromatic rings. The van der Waals surface area contributed by atoms with Crippen LogP contribution in [0.2, 0.25) is 0 Å².